The van der Waals surface area contributed by atoms with Crippen molar-refractivity contribution >= 4 is 15.6 Å². The van der Waals surface area contributed by atoms with E-state index in [-0.39, 0.29) is 18.6 Å². The summed E-state index contributed by atoms with van der Waals surface area (Å²) < 4.78 is 40.5. The molecule has 1 saturated heterocycles. The first-order valence-corrected chi connectivity index (χ1v) is 14.8. The van der Waals surface area contributed by atoms with E-state index in [0.717, 1.165) is 39.3 Å². The molecule has 39 heavy (non-hydrogen) atoms. The lowest BCUT2D eigenvalue weighted by Gasteiger charge is -2.35. The Morgan fingerprint density at radius 1 is 0.923 bits per heavy atom. The number of fused-ring (bicyclic) bond motifs is 2. The lowest BCUT2D eigenvalue weighted by atomic mass is 9.68. The molecule has 200 valence electrons. The molecule has 3 aromatic rings. The monoisotopic (exact) mass is 539 g/mol. The minimum atomic E-state index is -3.64. The number of rotatable bonds is 5. The highest BCUT2D eigenvalue weighted by atomic mass is 32.2. The van der Waals surface area contributed by atoms with E-state index in [4.69, 9.17) is 9.47 Å². The number of sulfonamides is 1. The Morgan fingerprint density at radius 2 is 1.62 bits per heavy atom. The summed E-state index contributed by atoms with van der Waals surface area (Å²) in [6, 6.07) is 23.6. The number of hydrogen-bond acceptors (Lipinski definition) is 4. The Labute approximate surface area is 231 Å². The Kier molecular flexibility index (Phi) is 6.48. The quantitative estimate of drug-likeness (QED) is 0.368. The molecule has 3 aliphatic rings. The predicted molar refractivity (Wildman–Crippen MR) is 154 cm³/mol. The van der Waals surface area contributed by atoms with Crippen LogP contribution in [0.2, 0.25) is 0 Å². The second-order valence-corrected chi connectivity index (χ2v) is 12.8. The van der Waals surface area contributed by atoms with Gasteiger partial charge in [-0.2, -0.15) is 4.31 Å². The minimum Gasteiger partial charge on any atom is -0.454 e. The van der Waals surface area contributed by atoms with Crippen molar-refractivity contribution in [3.8, 4) is 11.5 Å². The fourth-order valence-corrected chi connectivity index (χ4v) is 7.71. The smallest absolute Gasteiger partial charge is 0.243 e. The van der Waals surface area contributed by atoms with Crippen LogP contribution in [0.4, 0.5) is 0 Å². The molecule has 0 spiro atoms. The maximum absolute atomic E-state index is 13.8. The van der Waals surface area contributed by atoms with E-state index in [1.807, 2.05) is 37.3 Å². The summed E-state index contributed by atoms with van der Waals surface area (Å²) in [6.07, 6.45) is 0.685. The molecule has 6 heteroatoms. The zero-order valence-electron chi connectivity index (χ0n) is 22.6. The molecule has 1 fully saturated rings. The molecule has 6 rings (SSSR count). The maximum atomic E-state index is 13.8. The van der Waals surface area contributed by atoms with Gasteiger partial charge in [-0.3, -0.25) is 0 Å². The molecule has 0 saturated carbocycles. The van der Waals surface area contributed by atoms with Crippen molar-refractivity contribution in [2.45, 2.75) is 32.1 Å². The van der Waals surface area contributed by atoms with Crippen LogP contribution >= 0.6 is 0 Å². The van der Waals surface area contributed by atoms with E-state index in [1.165, 1.54) is 16.7 Å². The first-order chi connectivity index (χ1) is 18.7. The van der Waals surface area contributed by atoms with Crippen LogP contribution in [0.1, 0.15) is 30.5 Å². The molecule has 0 radical (unpaired) electrons. The molecule has 1 aliphatic carbocycles. The van der Waals surface area contributed by atoms with Gasteiger partial charge < -0.3 is 9.47 Å². The van der Waals surface area contributed by atoms with Crippen LogP contribution in [0.15, 0.2) is 107 Å². The summed E-state index contributed by atoms with van der Waals surface area (Å²) in [5, 5.41) is 0. The molecule has 0 N–H and O–H groups in total. The van der Waals surface area contributed by atoms with Crippen molar-refractivity contribution in [3.05, 3.63) is 118 Å². The van der Waals surface area contributed by atoms with E-state index < -0.39 is 10.0 Å². The number of aryl methyl sites for hydroxylation is 1. The SMILES string of the molecule is C=C1C(=C(C)C)C(c2ccccc2)=C(Cc2ccc3c(c2)OCO3)[C@@H]2CN(S(=O)(=O)c3ccc(C)cc3)C[C@H]12. The zero-order valence-corrected chi connectivity index (χ0v) is 23.4. The van der Waals surface area contributed by atoms with Gasteiger partial charge in [0.1, 0.15) is 0 Å². The highest BCUT2D eigenvalue weighted by Crippen LogP contribution is 2.51. The summed E-state index contributed by atoms with van der Waals surface area (Å²) in [5.41, 5.74) is 9.05. The zero-order chi connectivity index (χ0) is 27.3. The molecule has 5 nitrogen and oxygen atoms in total. The molecule has 0 unspecified atom stereocenters. The van der Waals surface area contributed by atoms with Gasteiger partial charge in [-0.15, -0.1) is 0 Å². The van der Waals surface area contributed by atoms with Crippen LogP contribution in [-0.4, -0.2) is 32.6 Å². The minimum absolute atomic E-state index is 0.00611. The summed E-state index contributed by atoms with van der Waals surface area (Å²) >= 11 is 0. The van der Waals surface area contributed by atoms with Gasteiger partial charge in [0, 0.05) is 24.9 Å². The van der Waals surface area contributed by atoms with Crippen LogP contribution in [0, 0.1) is 18.8 Å². The van der Waals surface area contributed by atoms with Gasteiger partial charge in [0.05, 0.1) is 4.90 Å². The Bertz CT molecular complexity index is 1610. The molecular weight excluding hydrogens is 506 g/mol. The molecule has 2 atom stereocenters. The van der Waals surface area contributed by atoms with E-state index >= 15 is 0 Å². The lowest BCUT2D eigenvalue weighted by Crippen LogP contribution is -2.29. The van der Waals surface area contributed by atoms with Crippen molar-refractivity contribution in [1.82, 2.24) is 4.31 Å². The van der Waals surface area contributed by atoms with Crippen LogP contribution in [-0.2, 0) is 16.4 Å². The number of hydrogen-bond donors (Lipinski definition) is 0. The van der Waals surface area contributed by atoms with Gasteiger partial charge >= 0.3 is 0 Å². The standard InChI is InChI=1S/C33H33NO4S/c1-21(2)32-23(4)28-18-34(39(35,36)26-13-10-22(3)11-14-26)19-29(28)27(33(32)25-8-6-5-7-9-25)16-24-12-15-30-31(17-24)38-20-37-30/h5-15,17,28-29H,4,16,18-20H2,1-3H3/t28-,29+/m1/s1. The maximum Gasteiger partial charge on any atom is 0.243 e. The molecule has 3 aromatic carbocycles. The van der Waals surface area contributed by atoms with Crippen molar-refractivity contribution in [2.24, 2.45) is 11.8 Å². The lowest BCUT2D eigenvalue weighted by molar-refractivity contribution is 0.174. The van der Waals surface area contributed by atoms with E-state index in [0.29, 0.717) is 24.4 Å². The van der Waals surface area contributed by atoms with Crippen LogP contribution in [0.3, 0.4) is 0 Å². The van der Waals surface area contributed by atoms with Gasteiger partial charge in [0.2, 0.25) is 16.8 Å². The van der Waals surface area contributed by atoms with E-state index in [1.54, 1.807) is 16.4 Å². The van der Waals surface area contributed by atoms with Crippen LogP contribution in [0.5, 0.6) is 11.5 Å². The van der Waals surface area contributed by atoms with Crippen molar-refractivity contribution in [1.29, 1.82) is 0 Å². The van der Waals surface area contributed by atoms with E-state index in [2.05, 4.69) is 50.8 Å². The van der Waals surface area contributed by atoms with Crippen LogP contribution < -0.4 is 9.47 Å². The summed E-state index contributed by atoms with van der Waals surface area (Å²) in [5.74, 6) is 1.53. The fourth-order valence-electron chi connectivity index (χ4n) is 6.22. The van der Waals surface area contributed by atoms with Crippen molar-refractivity contribution in [3.63, 3.8) is 0 Å². The van der Waals surface area contributed by atoms with Gasteiger partial charge in [0.15, 0.2) is 11.5 Å². The number of ether oxygens (including phenoxy) is 2. The normalized spacial score (nSPS) is 20.9. The van der Waals surface area contributed by atoms with Gasteiger partial charge in [-0.1, -0.05) is 71.8 Å². The first-order valence-electron chi connectivity index (χ1n) is 13.3. The third kappa shape index (κ3) is 4.52. The van der Waals surface area contributed by atoms with Crippen LogP contribution in [0.25, 0.3) is 5.57 Å². The third-order valence-corrected chi connectivity index (χ3v) is 9.97. The predicted octanol–water partition coefficient (Wildman–Crippen LogP) is 6.56. The molecule has 2 heterocycles. The molecule has 0 aromatic heterocycles. The number of benzene rings is 3. The molecule has 2 aliphatic heterocycles. The largest absolute Gasteiger partial charge is 0.454 e. The second kappa shape index (κ2) is 9.85. The van der Waals surface area contributed by atoms with E-state index in [9.17, 15) is 8.42 Å². The van der Waals surface area contributed by atoms with Gasteiger partial charge in [0.25, 0.3) is 0 Å². The van der Waals surface area contributed by atoms with Crippen molar-refractivity contribution in [2.75, 3.05) is 19.9 Å². The summed E-state index contributed by atoms with van der Waals surface area (Å²) in [6.45, 7) is 11.9. The average Bonchev–Trinajstić information content (AvgIpc) is 3.58. The molecular formula is C33H33NO4S. The third-order valence-electron chi connectivity index (χ3n) is 8.13. The fraction of sp³-hybridized carbons (Fsp3) is 0.273. The Balaban J connectivity index is 1.48. The summed E-state index contributed by atoms with van der Waals surface area (Å²) in [7, 11) is -3.64. The summed E-state index contributed by atoms with van der Waals surface area (Å²) in [4.78, 5) is 0.337. The molecule has 0 bridgehead atoms. The highest BCUT2D eigenvalue weighted by Gasteiger charge is 2.46. The highest BCUT2D eigenvalue weighted by molar-refractivity contribution is 7.89. The second-order valence-electron chi connectivity index (χ2n) is 10.9. The number of allylic oxidation sites excluding steroid dienone is 3. The molecule has 0 amide bonds. The van der Waals surface area contributed by atoms with Gasteiger partial charge in [-0.05, 0) is 79.3 Å². The number of nitrogens with zero attached hydrogens (tertiary/aromatic N) is 1. The average molecular weight is 540 g/mol. The Hall–Kier alpha value is -3.61. The Morgan fingerprint density at radius 3 is 2.33 bits per heavy atom. The topological polar surface area (TPSA) is 55.8 Å². The van der Waals surface area contributed by atoms with Crippen molar-refractivity contribution < 1.29 is 17.9 Å². The first kappa shape index (κ1) is 25.7. The van der Waals surface area contributed by atoms with Gasteiger partial charge in [-0.25, -0.2) is 8.42 Å².